The van der Waals surface area contributed by atoms with Crippen LogP contribution < -0.4 is 0 Å². The Morgan fingerprint density at radius 1 is 1.40 bits per heavy atom. The van der Waals surface area contributed by atoms with Gasteiger partial charge in [-0.2, -0.15) is 13.2 Å². The molecule has 4 nitrogen and oxygen atoms in total. The van der Waals surface area contributed by atoms with E-state index in [1.807, 2.05) is 6.92 Å². The summed E-state index contributed by atoms with van der Waals surface area (Å²) < 4.78 is 42.3. The first-order chi connectivity index (χ1) is 9.33. The lowest BCUT2D eigenvalue weighted by Gasteiger charge is -2.35. The van der Waals surface area contributed by atoms with Crippen LogP contribution in [0.2, 0.25) is 0 Å². The summed E-state index contributed by atoms with van der Waals surface area (Å²) in [6, 6.07) is 0.117. The molecule has 1 heterocycles. The smallest absolute Gasteiger partial charge is 0.383 e. The number of carbonyl (C=O) groups excluding carboxylic acids is 1. The quantitative estimate of drug-likeness (QED) is 0.750. The number of hydrogen-bond donors (Lipinski definition) is 0. The van der Waals surface area contributed by atoms with Gasteiger partial charge in [0.25, 0.3) is 0 Å². The van der Waals surface area contributed by atoms with Crippen LogP contribution in [-0.4, -0.2) is 67.8 Å². The van der Waals surface area contributed by atoms with Gasteiger partial charge in [0.1, 0.15) is 0 Å². The molecule has 0 aliphatic carbocycles. The van der Waals surface area contributed by atoms with Crippen LogP contribution in [0, 0.1) is 0 Å². The van der Waals surface area contributed by atoms with Gasteiger partial charge in [0.05, 0.1) is 19.7 Å². The molecule has 0 aromatic heterocycles. The van der Waals surface area contributed by atoms with E-state index >= 15 is 0 Å². The summed E-state index contributed by atoms with van der Waals surface area (Å²) in [5.41, 5.74) is 0. The van der Waals surface area contributed by atoms with Crippen LogP contribution in [0.25, 0.3) is 0 Å². The van der Waals surface area contributed by atoms with Crippen LogP contribution in [0.4, 0.5) is 13.2 Å². The highest BCUT2D eigenvalue weighted by molar-refractivity contribution is 5.78. The van der Waals surface area contributed by atoms with Crippen molar-refractivity contribution < 1.29 is 22.7 Å². The van der Waals surface area contributed by atoms with Gasteiger partial charge in [0, 0.05) is 26.2 Å². The minimum absolute atomic E-state index is 0.101. The molecule has 1 rings (SSSR count). The van der Waals surface area contributed by atoms with Crippen molar-refractivity contribution in [2.45, 2.75) is 38.4 Å². The van der Waals surface area contributed by atoms with Crippen molar-refractivity contribution in [3.63, 3.8) is 0 Å². The van der Waals surface area contributed by atoms with Gasteiger partial charge in [0.15, 0.2) is 0 Å². The summed E-state index contributed by atoms with van der Waals surface area (Å²) in [6.45, 7) is 1.59. The maximum atomic E-state index is 12.5. The Labute approximate surface area is 117 Å². The molecule has 0 bridgehead atoms. The average molecular weight is 296 g/mol. The molecule has 0 aromatic carbocycles. The highest BCUT2D eigenvalue weighted by Crippen LogP contribution is 2.19. The van der Waals surface area contributed by atoms with Crippen molar-refractivity contribution in [1.29, 1.82) is 0 Å². The Morgan fingerprint density at radius 2 is 2.10 bits per heavy atom. The Balaban J connectivity index is 2.55. The minimum atomic E-state index is -4.30. The van der Waals surface area contributed by atoms with Crippen LogP contribution in [0.1, 0.15) is 26.2 Å². The largest absolute Gasteiger partial charge is 0.401 e. The van der Waals surface area contributed by atoms with E-state index in [4.69, 9.17) is 4.74 Å². The summed E-state index contributed by atoms with van der Waals surface area (Å²) in [7, 11) is 1.43. The van der Waals surface area contributed by atoms with Gasteiger partial charge in [-0.05, 0) is 26.2 Å². The zero-order valence-electron chi connectivity index (χ0n) is 12.1. The number of carbonyl (C=O) groups is 1. The molecule has 1 atom stereocenters. The normalized spacial score (nSPS) is 20.5. The highest BCUT2D eigenvalue weighted by Gasteiger charge is 2.32. The Bertz CT molecular complexity index is 310. The van der Waals surface area contributed by atoms with E-state index in [0.717, 1.165) is 24.2 Å². The molecule has 1 unspecified atom stereocenters. The summed E-state index contributed by atoms with van der Waals surface area (Å²) >= 11 is 0. The first-order valence-corrected chi connectivity index (χ1v) is 6.91. The number of piperidine rings is 1. The van der Waals surface area contributed by atoms with Crippen molar-refractivity contribution in [1.82, 2.24) is 9.80 Å². The molecule has 20 heavy (non-hydrogen) atoms. The number of halogens is 3. The number of alkyl halides is 3. The number of nitrogens with zero attached hydrogens (tertiary/aromatic N) is 2. The van der Waals surface area contributed by atoms with E-state index < -0.39 is 12.7 Å². The van der Waals surface area contributed by atoms with Crippen LogP contribution in [0.5, 0.6) is 0 Å². The maximum absolute atomic E-state index is 12.5. The number of likely N-dealkylation sites (tertiary alicyclic amines) is 1. The zero-order valence-corrected chi connectivity index (χ0v) is 12.1. The molecule has 1 amide bonds. The predicted octanol–water partition coefficient (Wildman–Crippen LogP) is 1.90. The predicted molar refractivity (Wildman–Crippen MR) is 69.4 cm³/mol. The second-order valence-electron chi connectivity index (χ2n) is 5.25. The lowest BCUT2D eigenvalue weighted by Crippen LogP contribution is -2.49. The van der Waals surface area contributed by atoms with Crippen LogP contribution in [0.3, 0.4) is 0 Å². The number of hydrogen-bond acceptors (Lipinski definition) is 3. The molecule has 1 saturated heterocycles. The second-order valence-corrected chi connectivity index (χ2v) is 5.25. The minimum Gasteiger partial charge on any atom is -0.383 e. The fourth-order valence-electron chi connectivity index (χ4n) is 2.44. The molecule has 1 aliphatic heterocycles. The van der Waals surface area contributed by atoms with Gasteiger partial charge in [0.2, 0.25) is 5.91 Å². The van der Waals surface area contributed by atoms with Crippen LogP contribution in [-0.2, 0) is 9.53 Å². The van der Waals surface area contributed by atoms with Gasteiger partial charge >= 0.3 is 6.18 Å². The van der Waals surface area contributed by atoms with Gasteiger partial charge in [-0.1, -0.05) is 0 Å². The van der Waals surface area contributed by atoms with E-state index in [1.165, 1.54) is 7.11 Å². The molecular weight excluding hydrogens is 273 g/mol. The Morgan fingerprint density at radius 3 is 2.65 bits per heavy atom. The number of amides is 1. The zero-order chi connectivity index (χ0) is 15.2. The molecule has 7 heteroatoms. The molecule has 0 aromatic rings. The summed E-state index contributed by atoms with van der Waals surface area (Å²) in [5.74, 6) is -0.224. The molecule has 118 valence electrons. The molecule has 1 fully saturated rings. The van der Waals surface area contributed by atoms with Gasteiger partial charge in [-0.25, -0.2) is 0 Å². The van der Waals surface area contributed by atoms with Gasteiger partial charge < -0.3 is 9.64 Å². The summed E-state index contributed by atoms with van der Waals surface area (Å²) in [5, 5.41) is 0. The number of methoxy groups -OCH3 is 1. The fraction of sp³-hybridized carbons (Fsp3) is 0.923. The second kappa shape index (κ2) is 7.83. The van der Waals surface area contributed by atoms with Crippen molar-refractivity contribution >= 4 is 5.91 Å². The average Bonchev–Trinajstić information content (AvgIpc) is 2.34. The molecule has 0 saturated carbocycles. The highest BCUT2D eigenvalue weighted by atomic mass is 19.4. The fourth-order valence-corrected chi connectivity index (χ4v) is 2.44. The number of ether oxygens (including phenoxy) is 1. The Kier molecular flexibility index (Phi) is 6.75. The van der Waals surface area contributed by atoms with E-state index in [1.54, 1.807) is 4.90 Å². The lowest BCUT2D eigenvalue weighted by molar-refractivity contribution is -0.153. The summed E-state index contributed by atoms with van der Waals surface area (Å²) in [4.78, 5) is 14.9. The standard InChI is InChI=1S/C13H23F3N2O2/c1-11-5-3-4-6-18(11)12(19)9-17(7-8-20-2)10-13(14,15)16/h11H,3-10H2,1-2H3. The third-order valence-corrected chi connectivity index (χ3v) is 3.50. The monoisotopic (exact) mass is 296 g/mol. The van der Waals surface area contributed by atoms with Crippen molar-refractivity contribution in [2.75, 3.05) is 39.9 Å². The van der Waals surface area contributed by atoms with Crippen LogP contribution in [0.15, 0.2) is 0 Å². The third-order valence-electron chi connectivity index (χ3n) is 3.50. The van der Waals surface area contributed by atoms with Crippen molar-refractivity contribution in [3.8, 4) is 0 Å². The van der Waals surface area contributed by atoms with Crippen LogP contribution >= 0.6 is 0 Å². The van der Waals surface area contributed by atoms with E-state index in [-0.39, 0.29) is 31.6 Å². The van der Waals surface area contributed by atoms with E-state index in [9.17, 15) is 18.0 Å². The van der Waals surface area contributed by atoms with Gasteiger partial charge in [-0.3, -0.25) is 9.69 Å². The molecule has 1 aliphatic rings. The Hall–Kier alpha value is -0.820. The van der Waals surface area contributed by atoms with E-state index in [0.29, 0.717) is 6.54 Å². The molecule has 0 spiro atoms. The van der Waals surface area contributed by atoms with Crippen molar-refractivity contribution in [3.05, 3.63) is 0 Å². The molecule has 0 radical (unpaired) electrons. The van der Waals surface area contributed by atoms with E-state index in [2.05, 4.69) is 0 Å². The number of rotatable bonds is 6. The summed E-state index contributed by atoms with van der Waals surface area (Å²) in [6.07, 6.45) is -1.39. The first-order valence-electron chi connectivity index (χ1n) is 6.91. The van der Waals surface area contributed by atoms with Gasteiger partial charge in [-0.15, -0.1) is 0 Å². The molecule has 0 N–H and O–H groups in total. The first kappa shape index (κ1) is 17.2. The SMILES string of the molecule is COCCN(CC(=O)N1CCCCC1C)CC(F)(F)F. The lowest BCUT2D eigenvalue weighted by atomic mass is 10.0. The third kappa shape index (κ3) is 6.09. The van der Waals surface area contributed by atoms with Crippen molar-refractivity contribution in [2.24, 2.45) is 0 Å². The topological polar surface area (TPSA) is 32.8 Å². The molecular formula is C13H23F3N2O2. The maximum Gasteiger partial charge on any atom is 0.401 e.